The van der Waals surface area contributed by atoms with E-state index in [0.717, 1.165) is 25.8 Å². The molecule has 0 heterocycles. The molecule has 1 rings (SSSR count). The van der Waals surface area contributed by atoms with Crippen LogP contribution in [0.1, 0.15) is 19.3 Å². The Balaban J connectivity index is 2.07. The summed E-state index contributed by atoms with van der Waals surface area (Å²) in [6.07, 6.45) is 2.51. The van der Waals surface area contributed by atoms with Crippen molar-refractivity contribution < 1.29 is 15.0 Å². The highest BCUT2D eigenvalue weighted by Crippen LogP contribution is 2.24. The van der Waals surface area contributed by atoms with Crippen molar-refractivity contribution >= 4 is 5.97 Å². The van der Waals surface area contributed by atoms with Gasteiger partial charge < -0.3 is 21.3 Å². The number of carboxylic acids is 1. The first-order chi connectivity index (χ1) is 6.59. The average molecular weight is 202 g/mol. The van der Waals surface area contributed by atoms with Gasteiger partial charge >= 0.3 is 5.97 Å². The number of aliphatic carboxylic acids is 1. The Hall–Kier alpha value is -0.650. The minimum absolute atomic E-state index is 0.171. The fraction of sp³-hybridized carbons (Fsp3) is 0.889. The van der Waals surface area contributed by atoms with Crippen molar-refractivity contribution in [1.82, 2.24) is 5.32 Å². The zero-order valence-corrected chi connectivity index (χ0v) is 8.15. The molecular formula is C9H18N2O3. The third-order valence-corrected chi connectivity index (χ3v) is 2.63. The predicted molar refractivity (Wildman–Crippen MR) is 51.8 cm³/mol. The number of aliphatic hydroxyl groups excluding tert-OH is 1. The molecule has 0 spiro atoms. The van der Waals surface area contributed by atoms with Crippen molar-refractivity contribution in [2.45, 2.75) is 31.4 Å². The highest BCUT2D eigenvalue weighted by molar-refractivity contribution is 5.73. The summed E-state index contributed by atoms with van der Waals surface area (Å²) < 4.78 is 0. The number of carboxylic acid groups (broad SMARTS) is 1. The van der Waals surface area contributed by atoms with Gasteiger partial charge in [0.1, 0.15) is 6.04 Å². The largest absolute Gasteiger partial charge is 0.480 e. The van der Waals surface area contributed by atoms with Crippen LogP contribution in [0, 0.1) is 5.92 Å². The molecule has 0 aromatic carbocycles. The van der Waals surface area contributed by atoms with Crippen molar-refractivity contribution in [2.24, 2.45) is 11.7 Å². The Bertz CT molecular complexity index is 198. The van der Waals surface area contributed by atoms with Gasteiger partial charge in [-0.2, -0.15) is 0 Å². The molecule has 1 fully saturated rings. The van der Waals surface area contributed by atoms with Crippen LogP contribution in [0.5, 0.6) is 0 Å². The summed E-state index contributed by atoms with van der Waals surface area (Å²) in [6.45, 7) is 1.04. The molecule has 3 atom stereocenters. The van der Waals surface area contributed by atoms with Crippen molar-refractivity contribution in [2.75, 3.05) is 13.1 Å². The van der Waals surface area contributed by atoms with Gasteiger partial charge in [-0.15, -0.1) is 0 Å². The second kappa shape index (κ2) is 5.29. The molecular weight excluding hydrogens is 184 g/mol. The molecule has 5 nitrogen and oxygen atoms in total. The van der Waals surface area contributed by atoms with E-state index in [0.29, 0.717) is 12.5 Å². The van der Waals surface area contributed by atoms with E-state index in [9.17, 15) is 9.90 Å². The van der Waals surface area contributed by atoms with E-state index < -0.39 is 12.0 Å². The number of rotatable bonds is 5. The summed E-state index contributed by atoms with van der Waals surface area (Å²) in [6, 6.07) is -0.832. The molecule has 0 aliphatic heterocycles. The van der Waals surface area contributed by atoms with Gasteiger partial charge in [-0.3, -0.25) is 4.79 Å². The number of carbonyl (C=O) groups is 1. The third-order valence-electron chi connectivity index (χ3n) is 2.63. The monoisotopic (exact) mass is 202 g/mol. The predicted octanol–water partition coefficient (Wildman–Crippen LogP) is -0.851. The van der Waals surface area contributed by atoms with Crippen LogP contribution in [0.3, 0.4) is 0 Å². The summed E-state index contributed by atoms with van der Waals surface area (Å²) in [4.78, 5) is 10.4. The van der Waals surface area contributed by atoms with E-state index >= 15 is 0 Å². The van der Waals surface area contributed by atoms with Gasteiger partial charge in [0.05, 0.1) is 6.10 Å². The third kappa shape index (κ3) is 3.61. The fourth-order valence-electron chi connectivity index (χ4n) is 1.76. The van der Waals surface area contributed by atoms with Gasteiger partial charge in [-0.25, -0.2) is 0 Å². The normalized spacial score (nSPS) is 29.0. The van der Waals surface area contributed by atoms with E-state index in [4.69, 9.17) is 10.8 Å². The van der Waals surface area contributed by atoms with Crippen molar-refractivity contribution in [3.05, 3.63) is 0 Å². The van der Waals surface area contributed by atoms with Gasteiger partial charge in [0.15, 0.2) is 0 Å². The number of hydrogen-bond donors (Lipinski definition) is 4. The standard InChI is InChI=1S/C9H18N2O3/c10-8(9(13)14)5-11-4-6-1-2-7(12)3-6/h6-8,11-12H,1-5,10H2,(H,13,14). The molecule has 1 aliphatic carbocycles. The smallest absolute Gasteiger partial charge is 0.321 e. The quantitative estimate of drug-likeness (QED) is 0.466. The molecule has 0 aromatic heterocycles. The molecule has 1 saturated carbocycles. The molecule has 0 saturated heterocycles. The maximum Gasteiger partial charge on any atom is 0.321 e. The number of hydrogen-bond acceptors (Lipinski definition) is 4. The second-order valence-corrected chi connectivity index (χ2v) is 3.94. The van der Waals surface area contributed by atoms with Gasteiger partial charge in [-0.1, -0.05) is 0 Å². The first-order valence-corrected chi connectivity index (χ1v) is 4.96. The van der Waals surface area contributed by atoms with Gasteiger partial charge in [0.25, 0.3) is 0 Å². The number of nitrogens with two attached hydrogens (primary N) is 1. The summed E-state index contributed by atoms with van der Waals surface area (Å²) >= 11 is 0. The highest BCUT2D eigenvalue weighted by atomic mass is 16.4. The molecule has 3 unspecified atom stereocenters. The lowest BCUT2D eigenvalue weighted by Crippen LogP contribution is -2.41. The SMILES string of the molecule is NC(CNCC1CCC(O)C1)C(=O)O. The maximum atomic E-state index is 10.4. The van der Waals surface area contributed by atoms with Crippen LogP contribution in [0.25, 0.3) is 0 Å². The summed E-state index contributed by atoms with van der Waals surface area (Å²) in [5, 5.41) is 20.8. The Labute approximate surface area is 83.3 Å². The van der Waals surface area contributed by atoms with Crippen LogP contribution < -0.4 is 11.1 Å². The Morgan fingerprint density at radius 3 is 2.79 bits per heavy atom. The van der Waals surface area contributed by atoms with E-state index in [1.54, 1.807) is 0 Å². The van der Waals surface area contributed by atoms with Crippen LogP contribution in [0.15, 0.2) is 0 Å². The van der Waals surface area contributed by atoms with E-state index in [1.165, 1.54) is 0 Å². The van der Waals surface area contributed by atoms with Crippen LogP contribution in [-0.2, 0) is 4.79 Å². The van der Waals surface area contributed by atoms with E-state index in [-0.39, 0.29) is 6.10 Å². The molecule has 82 valence electrons. The number of aliphatic hydroxyl groups is 1. The zero-order valence-electron chi connectivity index (χ0n) is 8.15. The lowest BCUT2D eigenvalue weighted by atomic mass is 10.1. The van der Waals surface area contributed by atoms with Crippen molar-refractivity contribution in [1.29, 1.82) is 0 Å². The maximum absolute atomic E-state index is 10.4. The summed E-state index contributed by atoms with van der Waals surface area (Å²) in [7, 11) is 0. The lowest BCUT2D eigenvalue weighted by molar-refractivity contribution is -0.138. The molecule has 0 radical (unpaired) electrons. The Kier molecular flexibility index (Phi) is 4.31. The first-order valence-electron chi connectivity index (χ1n) is 4.96. The first kappa shape index (κ1) is 11.4. The van der Waals surface area contributed by atoms with Gasteiger partial charge in [-0.05, 0) is 31.7 Å². The topological polar surface area (TPSA) is 95.6 Å². The Morgan fingerprint density at radius 1 is 1.57 bits per heavy atom. The Morgan fingerprint density at radius 2 is 2.29 bits per heavy atom. The molecule has 0 amide bonds. The molecule has 5 heteroatoms. The minimum atomic E-state index is -0.982. The average Bonchev–Trinajstić information content (AvgIpc) is 2.51. The van der Waals surface area contributed by atoms with Gasteiger partial charge in [0.2, 0.25) is 0 Å². The molecule has 1 aliphatic rings. The molecule has 14 heavy (non-hydrogen) atoms. The van der Waals surface area contributed by atoms with Crippen LogP contribution in [-0.4, -0.2) is 41.4 Å². The van der Waals surface area contributed by atoms with Crippen molar-refractivity contribution in [3.63, 3.8) is 0 Å². The molecule has 5 N–H and O–H groups in total. The zero-order chi connectivity index (χ0) is 10.6. The van der Waals surface area contributed by atoms with E-state index in [1.807, 2.05) is 0 Å². The van der Waals surface area contributed by atoms with Crippen molar-refractivity contribution in [3.8, 4) is 0 Å². The highest BCUT2D eigenvalue weighted by Gasteiger charge is 2.22. The van der Waals surface area contributed by atoms with Crippen LogP contribution in [0.4, 0.5) is 0 Å². The molecule has 0 bridgehead atoms. The minimum Gasteiger partial charge on any atom is -0.480 e. The number of nitrogens with one attached hydrogen (secondary N) is 1. The summed E-state index contributed by atoms with van der Waals surface area (Å²) in [5.74, 6) is -0.519. The van der Waals surface area contributed by atoms with Crippen LogP contribution in [0.2, 0.25) is 0 Å². The van der Waals surface area contributed by atoms with E-state index in [2.05, 4.69) is 5.32 Å². The van der Waals surface area contributed by atoms with Gasteiger partial charge in [0, 0.05) is 6.54 Å². The van der Waals surface area contributed by atoms with Crippen LogP contribution >= 0.6 is 0 Å². The molecule has 0 aromatic rings. The second-order valence-electron chi connectivity index (χ2n) is 3.94. The summed E-state index contributed by atoms with van der Waals surface area (Å²) in [5.41, 5.74) is 5.32. The fourth-order valence-corrected chi connectivity index (χ4v) is 1.76. The lowest BCUT2D eigenvalue weighted by Gasteiger charge is -2.12.